The van der Waals surface area contributed by atoms with Gasteiger partial charge in [0.05, 0.1) is 6.26 Å². The summed E-state index contributed by atoms with van der Waals surface area (Å²) < 4.78 is 10.8. The van der Waals surface area contributed by atoms with Gasteiger partial charge in [-0.1, -0.05) is 0 Å². The number of rotatable bonds is 11. The maximum Gasteiger partial charge on any atom is 0.190 e. The van der Waals surface area contributed by atoms with Crippen LogP contribution in [-0.4, -0.2) is 57.2 Å². The van der Waals surface area contributed by atoms with Gasteiger partial charge in [0.25, 0.3) is 0 Å². The van der Waals surface area contributed by atoms with Crippen molar-refractivity contribution in [2.75, 3.05) is 46.4 Å². The molecule has 1 aromatic heterocycles. The van der Waals surface area contributed by atoms with Gasteiger partial charge in [-0.3, -0.25) is 4.99 Å². The van der Waals surface area contributed by atoms with Crippen molar-refractivity contribution in [3.63, 3.8) is 0 Å². The molecule has 2 rings (SSSR count). The van der Waals surface area contributed by atoms with Gasteiger partial charge in [-0.25, -0.2) is 0 Å². The molecule has 1 aliphatic rings. The number of halogens is 1. The number of furan rings is 1. The minimum Gasteiger partial charge on any atom is -0.467 e. The molecular formula is C18H33IN4O2. The summed E-state index contributed by atoms with van der Waals surface area (Å²) in [6.45, 7) is 6.89. The Morgan fingerprint density at radius 2 is 1.96 bits per heavy atom. The van der Waals surface area contributed by atoms with Crippen LogP contribution in [0.3, 0.4) is 0 Å². The van der Waals surface area contributed by atoms with Gasteiger partial charge in [-0.05, 0) is 63.9 Å². The third-order valence-corrected chi connectivity index (χ3v) is 4.20. The molecular weight excluding hydrogens is 431 g/mol. The average molecular weight is 464 g/mol. The number of hydrogen-bond donors (Lipinski definition) is 2. The summed E-state index contributed by atoms with van der Waals surface area (Å²) in [5.74, 6) is 1.75. The summed E-state index contributed by atoms with van der Waals surface area (Å²) in [6, 6.07) is 3.80. The molecule has 1 saturated heterocycles. The van der Waals surface area contributed by atoms with Gasteiger partial charge in [-0.15, -0.1) is 24.0 Å². The van der Waals surface area contributed by atoms with E-state index in [1.165, 1.54) is 45.3 Å². The molecule has 1 aliphatic heterocycles. The highest BCUT2D eigenvalue weighted by atomic mass is 127. The third-order valence-electron chi connectivity index (χ3n) is 4.20. The number of likely N-dealkylation sites (tertiary alicyclic amines) is 1. The Morgan fingerprint density at radius 1 is 1.20 bits per heavy atom. The predicted molar refractivity (Wildman–Crippen MR) is 113 cm³/mol. The van der Waals surface area contributed by atoms with Crippen molar-refractivity contribution in [2.24, 2.45) is 4.99 Å². The second-order valence-electron chi connectivity index (χ2n) is 6.17. The second-order valence-corrected chi connectivity index (χ2v) is 6.17. The first-order chi connectivity index (χ1) is 11.9. The lowest BCUT2D eigenvalue weighted by Gasteiger charge is -2.15. The van der Waals surface area contributed by atoms with E-state index in [0.717, 1.165) is 31.2 Å². The van der Waals surface area contributed by atoms with Gasteiger partial charge in [0.1, 0.15) is 12.4 Å². The topological polar surface area (TPSA) is 62.0 Å². The van der Waals surface area contributed by atoms with E-state index in [4.69, 9.17) is 9.15 Å². The van der Waals surface area contributed by atoms with Crippen molar-refractivity contribution in [2.45, 2.75) is 38.7 Å². The van der Waals surface area contributed by atoms with Crippen molar-refractivity contribution in [3.8, 4) is 0 Å². The van der Waals surface area contributed by atoms with E-state index in [9.17, 15) is 0 Å². The monoisotopic (exact) mass is 464 g/mol. The van der Waals surface area contributed by atoms with Crippen LogP contribution in [-0.2, 0) is 11.3 Å². The SMILES string of the molecule is CN=C(NCCCCN1CCCC1)NCCCOCc1ccco1.I. The molecule has 6 nitrogen and oxygen atoms in total. The molecule has 0 unspecified atom stereocenters. The molecule has 0 atom stereocenters. The van der Waals surface area contributed by atoms with Crippen LogP contribution in [0.2, 0.25) is 0 Å². The maximum atomic E-state index is 5.56. The summed E-state index contributed by atoms with van der Waals surface area (Å²) >= 11 is 0. The number of nitrogens with one attached hydrogen (secondary N) is 2. The Kier molecular flexibility index (Phi) is 12.8. The Bertz CT molecular complexity index is 448. The van der Waals surface area contributed by atoms with E-state index in [1.807, 2.05) is 19.2 Å². The fourth-order valence-corrected chi connectivity index (χ4v) is 2.84. The lowest BCUT2D eigenvalue weighted by molar-refractivity contribution is 0.105. The minimum atomic E-state index is 0. The van der Waals surface area contributed by atoms with Crippen LogP contribution in [0.4, 0.5) is 0 Å². The van der Waals surface area contributed by atoms with Crippen molar-refractivity contribution in [1.29, 1.82) is 0 Å². The molecule has 0 aliphatic carbocycles. The fourth-order valence-electron chi connectivity index (χ4n) is 2.84. The molecule has 2 N–H and O–H groups in total. The quantitative estimate of drug-likeness (QED) is 0.228. The Hall–Kier alpha value is -0.800. The maximum absolute atomic E-state index is 5.56. The largest absolute Gasteiger partial charge is 0.467 e. The Morgan fingerprint density at radius 3 is 2.64 bits per heavy atom. The number of hydrogen-bond acceptors (Lipinski definition) is 4. The average Bonchev–Trinajstić information content (AvgIpc) is 3.29. The fraction of sp³-hybridized carbons (Fsp3) is 0.722. The van der Waals surface area contributed by atoms with Crippen LogP contribution in [0.15, 0.2) is 27.8 Å². The van der Waals surface area contributed by atoms with Crippen LogP contribution in [0.25, 0.3) is 0 Å². The van der Waals surface area contributed by atoms with Crippen molar-refractivity contribution in [1.82, 2.24) is 15.5 Å². The number of guanidine groups is 1. The van der Waals surface area contributed by atoms with Gasteiger partial charge in [-0.2, -0.15) is 0 Å². The van der Waals surface area contributed by atoms with Gasteiger partial charge in [0, 0.05) is 26.7 Å². The van der Waals surface area contributed by atoms with Crippen LogP contribution in [0.1, 0.15) is 37.9 Å². The molecule has 0 amide bonds. The zero-order chi connectivity index (χ0) is 16.9. The number of nitrogens with zero attached hydrogens (tertiary/aromatic N) is 2. The zero-order valence-electron chi connectivity index (χ0n) is 15.3. The predicted octanol–water partition coefficient (Wildman–Crippen LogP) is 2.85. The van der Waals surface area contributed by atoms with Gasteiger partial charge in [0.15, 0.2) is 5.96 Å². The molecule has 25 heavy (non-hydrogen) atoms. The van der Waals surface area contributed by atoms with Gasteiger partial charge >= 0.3 is 0 Å². The van der Waals surface area contributed by atoms with Crippen molar-refractivity contribution in [3.05, 3.63) is 24.2 Å². The summed E-state index contributed by atoms with van der Waals surface area (Å²) in [5, 5.41) is 6.69. The summed E-state index contributed by atoms with van der Waals surface area (Å²) in [7, 11) is 1.81. The van der Waals surface area contributed by atoms with Crippen LogP contribution < -0.4 is 10.6 Å². The first kappa shape index (κ1) is 22.2. The highest BCUT2D eigenvalue weighted by molar-refractivity contribution is 14.0. The molecule has 144 valence electrons. The summed E-state index contributed by atoms with van der Waals surface area (Å²) in [5.41, 5.74) is 0. The molecule has 0 radical (unpaired) electrons. The summed E-state index contributed by atoms with van der Waals surface area (Å²) in [6.07, 6.45) is 7.80. The first-order valence-corrected chi connectivity index (χ1v) is 9.15. The smallest absolute Gasteiger partial charge is 0.190 e. The molecule has 7 heteroatoms. The minimum absolute atomic E-state index is 0. The Balaban J connectivity index is 0.00000312. The third kappa shape index (κ3) is 10.1. The van der Waals surface area contributed by atoms with Crippen LogP contribution >= 0.6 is 24.0 Å². The van der Waals surface area contributed by atoms with E-state index in [-0.39, 0.29) is 24.0 Å². The highest BCUT2D eigenvalue weighted by Gasteiger charge is 2.09. The van der Waals surface area contributed by atoms with E-state index < -0.39 is 0 Å². The molecule has 0 spiro atoms. The number of aliphatic imine (C=N–C) groups is 1. The summed E-state index contributed by atoms with van der Waals surface area (Å²) in [4.78, 5) is 6.82. The molecule has 0 bridgehead atoms. The lowest BCUT2D eigenvalue weighted by Crippen LogP contribution is -2.38. The van der Waals surface area contributed by atoms with E-state index >= 15 is 0 Å². The number of unbranched alkanes of at least 4 members (excludes halogenated alkanes) is 1. The molecule has 1 aromatic rings. The lowest BCUT2D eigenvalue weighted by atomic mass is 10.3. The molecule has 0 aromatic carbocycles. The molecule has 0 saturated carbocycles. The van der Waals surface area contributed by atoms with Gasteiger partial charge in [0.2, 0.25) is 0 Å². The second kappa shape index (κ2) is 14.4. The number of ether oxygens (including phenoxy) is 1. The van der Waals surface area contributed by atoms with Crippen LogP contribution in [0, 0.1) is 0 Å². The first-order valence-electron chi connectivity index (χ1n) is 9.15. The van der Waals surface area contributed by atoms with Gasteiger partial charge < -0.3 is 24.7 Å². The van der Waals surface area contributed by atoms with E-state index in [2.05, 4.69) is 20.5 Å². The zero-order valence-corrected chi connectivity index (χ0v) is 17.7. The molecule has 1 fully saturated rings. The van der Waals surface area contributed by atoms with Crippen LogP contribution in [0.5, 0.6) is 0 Å². The van der Waals surface area contributed by atoms with Crippen molar-refractivity contribution < 1.29 is 9.15 Å². The highest BCUT2D eigenvalue weighted by Crippen LogP contribution is 2.07. The Labute approximate surface area is 168 Å². The standard InChI is InChI=1S/C18H32N4O2.HI/c1-19-18(20-9-2-3-11-22-12-4-5-13-22)21-10-7-14-23-16-17-8-6-15-24-17;/h6,8,15H,2-5,7,9-14,16H2,1H3,(H2,19,20,21);1H. The van der Waals surface area contributed by atoms with E-state index in [1.54, 1.807) is 6.26 Å². The molecule has 2 heterocycles. The van der Waals surface area contributed by atoms with Crippen molar-refractivity contribution >= 4 is 29.9 Å². The normalized spacial score (nSPS) is 15.2. The van der Waals surface area contributed by atoms with E-state index in [0.29, 0.717) is 13.2 Å².